The van der Waals surface area contributed by atoms with E-state index in [0.717, 1.165) is 5.56 Å². The molecule has 114 valence electrons. The smallest absolute Gasteiger partial charge is 0.407 e. The number of alkyl carbamates (subject to hydrolysis) is 1. The molecule has 0 aromatic heterocycles. The predicted octanol–water partition coefficient (Wildman–Crippen LogP) is 4.25. The number of hydrogen-bond acceptors (Lipinski definition) is 3. The zero-order chi connectivity index (χ0) is 15.9. The minimum absolute atomic E-state index is 0.0643. The van der Waals surface area contributed by atoms with Crippen LogP contribution in [0.15, 0.2) is 24.3 Å². The van der Waals surface area contributed by atoms with Crippen molar-refractivity contribution >= 4 is 17.7 Å². The maximum absolute atomic E-state index is 11.7. The number of amides is 1. The summed E-state index contributed by atoms with van der Waals surface area (Å²) in [6.45, 7) is 5.88. The average molecular weight is 309 g/mol. The van der Waals surface area contributed by atoms with E-state index < -0.39 is 11.7 Å². The summed E-state index contributed by atoms with van der Waals surface area (Å²) >= 11 is 5.88. The number of rotatable bonds is 5. The summed E-state index contributed by atoms with van der Waals surface area (Å²) in [5.41, 5.74) is 0.526. The molecule has 21 heavy (non-hydrogen) atoms. The second-order valence-electron chi connectivity index (χ2n) is 5.83. The van der Waals surface area contributed by atoms with E-state index in [1.165, 1.54) is 0 Å². The molecule has 0 aliphatic rings. The van der Waals surface area contributed by atoms with Crippen LogP contribution in [0, 0.1) is 11.3 Å². The topological polar surface area (TPSA) is 62.1 Å². The van der Waals surface area contributed by atoms with Crippen molar-refractivity contribution in [3.63, 3.8) is 0 Å². The van der Waals surface area contributed by atoms with Gasteiger partial charge in [0, 0.05) is 23.9 Å². The van der Waals surface area contributed by atoms with Gasteiger partial charge in [-0.15, -0.1) is 0 Å². The molecule has 1 aromatic carbocycles. The summed E-state index contributed by atoms with van der Waals surface area (Å²) in [6.07, 6.45) is 0.662. The molecule has 5 heteroatoms. The number of nitrogens with zero attached hydrogens (tertiary/aromatic N) is 1. The van der Waals surface area contributed by atoms with Crippen LogP contribution in [-0.4, -0.2) is 18.2 Å². The van der Waals surface area contributed by atoms with E-state index in [4.69, 9.17) is 21.6 Å². The highest BCUT2D eigenvalue weighted by Gasteiger charge is 2.18. The molecular weight excluding hydrogens is 288 g/mol. The lowest BCUT2D eigenvalue weighted by atomic mass is 9.94. The zero-order valence-corrected chi connectivity index (χ0v) is 13.4. The van der Waals surface area contributed by atoms with Crippen LogP contribution in [0.25, 0.3) is 0 Å². The van der Waals surface area contributed by atoms with Crippen LogP contribution in [-0.2, 0) is 4.74 Å². The van der Waals surface area contributed by atoms with Crippen molar-refractivity contribution in [2.75, 3.05) is 6.54 Å². The molecule has 0 aliphatic heterocycles. The second-order valence-corrected chi connectivity index (χ2v) is 6.26. The van der Waals surface area contributed by atoms with Gasteiger partial charge in [-0.2, -0.15) is 5.26 Å². The summed E-state index contributed by atoms with van der Waals surface area (Å²) in [6, 6.07) is 9.59. The monoisotopic (exact) mass is 308 g/mol. The molecular formula is C16H21ClN2O2. The van der Waals surface area contributed by atoms with E-state index in [1.807, 2.05) is 45.0 Å². The van der Waals surface area contributed by atoms with E-state index in [1.54, 1.807) is 0 Å². The molecule has 0 heterocycles. The Morgan fingerprint density at radius 2 is 2.00 bits per heavy atom. The maximum Gasteiger partial charge on any atom is 0.407 e. The van der Waals surface area contributed by atoms with Gasteiger partial charge in [0.05, 0.1) is 6.07 Å². The number of carbonyl (C=O) groups is 1. The van der Waals surface area contributed by atoms with E-state index in [0.29, 0.717) is 24.4 Å². The Morgan fingerprint density at radius 1 is 1.38 bits per heavy atom. The number of nitriles is 1. The highest BCUT2D eigenvalue weighted by molar-refractivity contribution is 6.30. The first-order chi connectivity index (χ1) is 9.81. The van der Waals surface area contributed by atoms with Crippen molar-refractivity contribution in [2.45, 2.75) is 45.1 Å². The Labute approximate surface area is 131 Å². The van der Waals surface area contributed by atoms with Gasteiger partial charge in [-0.05, 0) is 44.9 Å². The number of carbonyl (C=O) groups excluding carboxylic acids is 1. The van der Waals surface area contributed by atoms with Gasteiger partial charge in [0.25, 0.3) is 0 Å². The number of nitrogens with one attached hydrogen (secondary N) is 1. The largest absolute Gasteiger partial charge is 0.444 e. The molecule has 0 bridgehead atoms. The van der Waals surface area contributed by atoms with Crippen molar-refractivity contribution in [1.29, 1.82) is 5.26 Å². The van der Waals surface area contributed by atoms with Crippen molar-refractivity contribution < 1.29 is 9.53 Å². The number of benzene rings is 1. The van der Waals surface area contributed by atoms with Crippen LogP contribution in [0.2, 0.25) is 5.02 Å². The fraction of sp³-hybridized carbons (Fsp3) is 0.500. The van der Waals surface area contributed by atoms with Crippen LogP contribution in [0.3, 0.4) is 0 Å². The predicted molar refractivity (Wildman–Crippen MR) is 83.3 cm³/mol. The minimum atomic E-state index is -0.521. The fourth-order valence-electron chi connectivity index (χ4n) is 1.88. The fourth-order valence-corrected chi connectivity index (χ4v) is 2.01. The molecule has 4 nitrogen and oxygen atoms in total. The molecule has 1 aromatic rings. The van der Waals surface area contributed by atoms with Gasteiger partial charge in [0.1, 0.15) is 5.60 Å². The van der Waals surface area contributed by atoms with Crippen molar-refractivity contribution in [1.82, 2.24) is 5.32 Å². The standard InChI is InChI=1S/C16H21ClN2O2/c1-16(2,3)21-15(20)19-11-13(5-4-10-18)12-6-8-14(17)9-7-12/h6-9,13H,4-5,11H2,1-3H3,(H,19,20). The van der Waals surface area contributed by atoms with Gasteiger partial charge < -0.3 is 10.1 Å². The minimum Gasteiger partial charge on any atom is -0.444 e. The molecule has 0 aliphatic carbocycles. The van der Waals surface area contributed by atoms with Crippen molar-refractivity contribution in [3.05, 3.63) is 34.9 Å². The lowest BCUT2D eigenvalue weighted by molar-refractivity contribution is 0.0524. The molecule has 0 fully saturated rings. The van der Waals surface area contributed by atoms with Crippen LogP contribution in [0.4, 0.5) is 4.79 Å². The van der Waals surface area contributed by atoms with Crippen LogP contribution >= 0.6 is 11.6 Å². The van der Waals surface area contributed by atoms with Gasteiger partial charge in [0.15, 0.2) is 0 Å². The number of hydrogen-bond donors (Lipinski definition) is 1. The molecule has 1 unspecified atom stereocenters. The van der Waals surface area contributed by atoms with E-state index in [2.05, 4.69) is 11.4 Å². The first-order valence-corrected chi connectivity index (χ1v) is 7.29. The van der Waals surface area contributed by atoms with Crippen LogP contribution < -0.4 is 5.32 Å². The van der Waals surface area contributed by atoms with Crippen LogP contribution in [0.5, 0.6) is 0 Å². The van der Waals surface area contributed by atoms with Gasteiger partial charge in [-0.25, -0.2) is 4.79 Å². The van der Waals surface area contributed by atoms with Gasteiger partial charge >= 0.3 is 6.09 Å². The molecule has 0 radical (unpaired) electrons. The normalized spacial score (nSPS) is 12.3. The Hall–Kier alpha value is -1.73. The highest BCUT2D eigenvalue weighted by atomic mass is 35.5. The lowest BCUT2D eigenvalue weighted by Crippen LogP contribution is -2.34. The van der Waals surface area contributed by atoms with Gasteiger partial charge in [-0.1, -0.05) is 23.7 Å². The molecule has 0 spiro atoms. The quantitative estimate of drug-likeness (QED) is 0.884. The third-order valence-corrected chi connectivity index (χ3v) is 3.09. The summed E-state index contributed by atoms with van der Waals surface area (Å²) in [5.74, 6) is 0.0643. The zero-order valence-electron chi connectivity index (χ0n) is 12.6. The Balaban J connectivity index is 2.64. The SMILES string of the molecule is CC(C)(C)OC(=O)NCC(CCC#N)c1ccc(Cl)cc1. The van der Waals surface area contributed by atoms with E-state index in [-0.39, 0.29) is 5.92 Å². The highest BCUT2D eigenvalue weighted by Crippen LogP contribution is 2.22. The third-order valence-electron chi connectivity index (χ3n) is 2.84. The van der Waals surface area contributed by atoms with Crippen LogP contribution in [0.1, 0.15) is 45.1 Å². The summed E-state index contributed by atoms with van der Waals surface area (Å²) in [5, 5.41) is 12.2. The van der Waals surface area contributed by atoms with Gasteiger partial charge in [0.2, 0.25) is 0 Å². The maximum atomic E-state index is 11.7. The van der Waals surface area contributed by atoms with E-state index >= 15 is 0 Å². The molecule has 1 atom stereocenters. The Morgan fingerprint density at radius 3 is 2.52 bits per heavy atom. The molecule has 1 rings (SSSR count). The third kappa shape index (κ3) is 7.01. The molecule has 1 amide bonds. The molecule has 1 N–H and O–H groups in total. The van der Waals surface area contributed by atoms with E-state index in [9.17, 15) is 4.79 Å². The summed E-state index contributed by atoms with van der Waals surface area (Å²) in [7, 11) is 0. The Bertz CT molecular complexity index is 500. The molecule has 0 saturated heterocycles. The average Bonchev–Trinajstić information content (AvgIpc) is 2.38. The number of ether oxygens (including phenoxy) is 1. The number of halogens is 1. The summed E-state index contributed by atoms with van der Waals surface area (Å²) in [4.78, 5) is 11.7. The molecule has 0 saturated carbocycles. The van der Waals surface area contributed by atoms with Crippen molar-refractivity contribution in [2.24, 2.45) is 0 Å². The second kappa shape index (κ2) is 7.90. The summed E-state index contributed by atoms with van der Waals surface area (Å²) < 4.78 is 5.21. The Kier molecular flexibility index (Phi) is 6.51. The van der Waals surface area contributed by atoms with Crippen molar-refractivity contribution in [3.8, 4) is 6.07 Å². The lowest BCUT2D eigenvalue weighted by Gasteiger charge is -2.22. The van der Waals surface area contributed by atoms with Gasteiger partial charge in [-0.3, -0.25) is 0 Å². The first kappa shape index (κ1) is 17.3. The first-order valence-electron chi connectivity index (χ1n) is 6.91.